The molecule has 3 N–H and O–H groups in total. The number of amides is 2. The highest BCUT2D eigenvalue weighted by atomic mass is 79.9. The Morgan fingerprint density at radius 2 is 1.61 bits per heavy atom. The van der Waals surface area contributed by atoms with Gasteiger partial charge in [-0.15, -0.1) is 0 Å². The molecule has 5 nitrogen and oxygen atoms in total. The van der Waals surface area contributed by atoms with E-state index in [0.717, 1.165) is 10.0 Å². The molecule has 28 heavy (non-hydrogen) atoms. The highest BCUT2D eigenvalue weighted by Gasteiger charge is 2.15. The summed E-state index contributed by atoms with van der Waals surface area (Å²) in [4.78, 5) is 25.3. The summed E-state index contributed by atoms with van der Waals surface area (Å²) in [6, 6.07) is 22.2. The van der Waals surface area contributed by atoms with E-state index in [1.54, 1.807) is 42.5 Å². The Bertz CT molecular complexity index is 1020. The first kappa shape index (κ1) is 19.4. The second kappa shape index (κ2) is 9.01. The molecule has 0 bridgehead atoms. The molecule has 0 unspecified atom stereocenters. The standard InChI is InChI=1S/C22H17BrN2O3/c23-17-11-9-15(10-12-17)13-20(25-21(27)16-5-2-1-3-6-16)22(28)24-18-7-4-8-19(26)14-18/h1-14,26H,(H,24,28)(H,25,27)/b20-13+. The second-order valence-corrected chi connectivity index (χ2v) is 6.85. The highest BCUT2D eigenvalue weighted by molar-refractivity contribution is 9.10. The summed E-state index contributed by atoms with van der Waals surface area (Å²) in [6.07, 6.45) is 1.59. The summed E-state index contributed by atoms with van der Waals surface area (Å²) >= 11 is 3.37. The monoisotopic (exact) mass is 436 g/mol. The van der Waals surface area contributed by atoms with Crippen molar-refractivity contribution in [3.05, 3.63) is 100 Å². The third kappa shape index (κ3) is 5.31. The van der Waals surface area contributed by atoms with Crippen molar-refractivity contribution >= 4 is 39.5 Å². The van der Waals surface area contributed by atoms with Crippen LogP contribution in [0.3, 0.4) is 0 Å². The first-order chi connectivity index (χ1) is 13.5. The van der Waals surface area contributed by atoms with E-state index in [1.165, 1.54) is 12.1 Å². The third-order valence-corrected chi connectivity index (χ3v) is 4.34. The van der Waals surface area contributed by atoms with Crippen LogP contribution in [0.5, 0.6) is 5.75 Å². The van der Waals surface area contributed by atoms with E-state index in [4.69, 9.17) is 0 Å². The quantitative estimate of drug-likeness (QED) is 0.512. The Hall–Kier alpha value is -3.38. The SMILES string of the molecule is O=C(Nc1cccc(O)c1)/C(=C\c1ccc(Br)cc1)NC(=O)c1ccccc1. The van der Waals surface area contributed by atoms with Gasteiger partial charge in [0.15, 0.2) is 0 Å². The predicted molar refractivity (Wildman–Crippen MR) is 113 cm³/mol. The first-order valence-electron chi connectivity index (χ1n) is 8.45. The molecule has 140 valence electrons. The summed E-state index contributed by atoms with van der Waals surface area (Å²) in [6.45, 7) is 0. The van der Waals surface area contributed by atoms with Gasteiger partial charge in [0.05, 0.1) is 0 Å². The van der Waals surface area contributed by atoms with E-state index in [2.05, 4.69) is 26.6 Å². The Morgan fingerprint density at radius 1 is 0.893 bits per heavy atom. The molecule has 3 aromatic carbocycles. The Kier molecular flexibility index (Phi) is 6.24. The maximum absolute atomic E-state index is 12.8. The van der Waals surface area contributed by atoms with E-state index in [-0.39, 0.29) is 11.4 Å². The molecule has 0 saturated carbocycles. The number of aromatic hydroxyl groups is 1. The zero-order valence-electron chi connectivity index (χ0n) is 14.7. The van der Waals surface area contributed by atoms with Crippen LogP contribution >= 0.6 is 15.9 Å². The van der Waals surface area contributed by atoms with Crippen LogP contribution in [0, 0.1) is 0 Å². The van der Waals surface area contributed by atoms with Gasteiger partial charge in [0.1, 0.15) is 11.4 Å². The van der Waals surface area contributed by atoms with Crippen LogP contribution in [0.1, 0.15) is 15.9 Å². The first-order valence-corrected chi connectivity index (χ1v) is 9.24. The molecule has 0 spiro atoms. The van der Waals surface area contributed by atoms with Crippen LogP contribution in [-0.2, 0) is 4.79 Å². The molecule has 0 aromatic heterocycles. The van der Waals surface area contributed by atoms with Crippen molar-refractivity contribution < 1.29 is 14.7 Å². The number of phenols is 1. The van der Waals surface area contributed by atoms with Gasteiger partial charge in [-0.2, -0.15) is 0 Å². The fraction of sp³-hybridized carbons (Fsp3) is 0. The van der Waals surface area contributed by atoms with E-state index in [9.17, 15) is 14.7 Å². The summed E-state index contributed by atoms with van der Waals surface area (Å²) in [5.41, 5.74) is 1.69. The number of carbonyl (C=O) groups excluding carboxylic acids is 2. The largest absolute Gasteiger partial charge is 0.508 e. The topological polar surface area (TPSA) is 78.4 Å². The maximum atomic E-state index is 12.8. The number of benzene rings is 3. The maximum Gasteiger partial charge on any atom is 0.272 e. The van der Waals surface area contributed by atoms with Gasteiger partial charge in [-0.3, -0.25) is 9.59 Å². The molecular formula is C22H17BrN2O3. The molecule has 0 fully saturated rings. The van der Waals surface area contributed by atoms with E-state index in [0.29, 0.717) is 11.3 Å². The minimum Gasteiger partial charge on any atom is -0.508 e. The minimum atomic E-state index is -0.502. The van der Waals surface area contributed by atoms with Crippen molar-refractivity contribution in [1.82, 2.24) is 5.32 Å². The van der Waals surface area contributed by atoms with Crippen molar-refractivity contribution in [1.29, 1.82) is 0 Å². The molecule has 0 saturated heterocycles. The number of anilines is 1. The van der Waals surface area contributed by atoms with Gasteiger partial charge in [0.2, 0.25) is 0 Å². The van der Waals surface area contributed by atoms with Crippen molar-refractivity contribution in [3.8, 4) is 5.75 Å². The number of halogens is 1. The predicted octanol–water partition coefficient (Wildman–Crippen LogP) is 4.56. The molecule has 6 heteroatoms. The molecule has 2 amide bonds. The van der Waals surface area contributed by atoms with Gasteiger partial charge in [-0.1, -0.05) is 52.3 Å². The average Bonchev–Trinajstić information content (AvgIpc) is 2.69. The molecule has 3 aromatic rings. The molecule has 0 heterocycles. The Labute approximate surface area is 170 Å². The van der Waals surface area contributed by atoms with Crippen molar-refractivity contribution in [2.45, 2.75) is 0 Å². The highest BCUT2D eigenvalue weighted by Crippen LogP contribution is 2.17. The number of phenolic OH excluding ortho intramolecular Hbond substituents is 1. The molecular weight excluding hydrogens is 420 g/mol. The fourth-order valence-corrected chi connectivity index (χ4v) is 2.71. The normalized spacial score (nSPS) is 11.0. The molecule has 3 rings (SSSR count). The van der Waals surface area contributed by atoms with Crippen LogP contribution in [-0.4, -0.2) is 16.9 Å². The smallest absolute Gasteiger partial charge is 0.272 e. The summed E-state index contributed by atoms with van der Waals surface area (Å²) in [7, 11) is 0. The van der Waals surface area contributed by atoms with E-state index >= 15 is 0 Å². The van der Waals surface area contributed by atoms with E-state index in [1.807, 2.05) is 30.3 Å². The van der Waals surface area contributed by atoms with Crippen LogP contribution in [0.25, 0.3) is 6.08 Å². The van der Waals surface area contributed by atoms with Gasteiger partial charge < -0.3 is 15.7 Å². The molecule has 0 atom stereocenters. The zero-order chi connectivity index (χ0) is 19.9. The zero-order valence-corrected chi connectivity index (χ0v) is 16.3. The van der Waals surface area contributed by atoms with Crippen molar-refractivity contribution in [3.63, 3.8) is 0 Å². The summed E-state index contributed by atoms with van der Waals surface area (Å²) < 4.78 is 0.906. The molecule has 0 aliphatic carbocycles. The Morgan fingerprint density at radius 3 is 2.29 bits per heavy atom. The lowest BCUT2D eigenvalue weighted by Crippen LogP contribution is -2.30. The number of nitrogens with one attached hydrogen (secondary N) is 2. The number of hydrogen-bond donors (Lipinski definition) is 3. The van der Waals surface area contributed by atoms with Crippen molar-refractivity contribution in [2.75, 3.05) is 5.32 Å². The van der Waals surface area contributed by atoms with Gasteiger partial charge in [0, 0.05) is 21.8 Å². The van der Waals surface area contributed by atoms with Crippen LogP contribution in [0.4, 0.5) is 5.69 Å². The summed E-state index contributed by atoms with van der Waals surface area (Å²) in [5.74, 6) is -0.864. The van der Waals surface area contributed by atoms with Gasteiger partial charge in [-0.05, 0) is 48.0 Å². The fourth-order valence-electron chi connectivity index (χ4n) is 2.45. The third-order valence-electron chi connectivity index (χ3n) is 3.81. The van der Waals surface area contributed by atoms with Crippen LogP contribution in [0.15, 0.2) is 89.0 Å². The lowest BCUT2D eigenvalue weighted by molar-refractivity contribution is -0.113. The number of hydrogen-bond acceptors (Lipinski definition) is 3. The Balaban J connectivity index is 1.88. The van der Waals surface area contributed by atoms with Crippen LogP contribution in [0.2, 0.25) is 0 Å². The number of carbonyl (C=O) groups is 2. The second-order valence-electron chi connectivity index (χ2n) is 5.93. The van der Waals surface area contributed by atoms with Crippen molar-refractivity contribution in [2.24, 2.45) is 0 Å². The van der Waals surface area contributed by atoms with E-state index < -0.39 is 11.8 Å². The molecule has 0 aliphatic heterocycles. The molecule has 0 radical (unpaired) electrons. The van der Waals surface area contributed by atoms with Gasteiger partial charge >= 0.3 is 0 Å². The molecule has 0 aliphatic rings. The van der Waals surface area contributed by atoms with Crippen LogP contribution < -0.4 is 10.6 Å². The average molecular weight is 437 g/mol. The van der Waals surface area contributed by atoms with Gasteiger partial charge in [-0.25, -0.2) is 0 Å². The minimum absolute atomic E-state index is 0.0320. The van der Waals surface area contributed by atoms with Gasteiger partial charge in [0.25, 0.3) is 11.8 Å². The summed E-state index contributed by atoms with van der Waals surface area (Å²) in [5, 5.41) is 14.9. The number of rotatable bonds is 5. The lowest BCUT2D eigenvalue weighted by Gasteiger charge is -2.11. The lowest BCUT2D eigenvalue weighted by atomic mass is 10.1.